The summed E-state index contributed by atoms with van der Waals surface area (Å²) in [5.74, 6) is 2.76. The molecule has 7 heteroatoms. The van der Waals surface area contributed by atoms with Gasteiger partial charge in [0.1, 0.15) is 5.76 Å². The molecule has 0 saturated carbocycles. The second-order valence-corrected chi connectivity index (χ2v) is 8.52. The van der Waals surface area contributed by atoms with Gasteiger partial charge in [0.25, 0.3) is 5.91 Å². The van der Waals surface area contributed by atoms with E-state index in [9.17, 15) is 9.59 Å². The lowest BCUT2D eigenvalue weighted by Gasteiger charge is -2.31. The second-order valence-electron chi connectivity index (χ2n) is 6.50. The number of carbonyl (C=O) groups is 2. The SMILES string of the molecule is O=C(NCCSCc1ccco1)C1CCN(C(=O)c2ccc(Br)cc2)CC1. The van der Waals surface area contributed by atoms with E-state index in [1.54, 1.807) is 18.0 Å². The summed E-state index contributed by atoms with van der Waals surface area (Å²) in [5, 5.41) is 3.02. The van der Waals surface area contributed by atoms with Crippen LogP contribution in [0.3, 0.4) is 0 Å². The van der Waals surface area contributed by atoms with Crippen molar-refractivity contribution >= 4 is 39.5 Å². The third kappa shape index (κ3) is 5.87. The smallest absolute Gasteiger partial charge is 0.253 e. The number of halogens is 1. The first-order chi connectivity index (χ1) is 13.1. The largest absolute Gasteiger partial charge is 0.468 e. The first-order valence-electron chi connectivity index (χ1n) is 9.06. The summed E-state index contributed by atoms with van der Waals surface area (Å²) in [6.45, 7) is 1.91. The molecule has 2 heterocycles. The highest BCUT2D eigenvalue weighted by Crippen LogP contribution is 2.20. The average Bonchev–Trinajstić information content (AvgIpc) is 3.21. The third-order valence-electron chi connectivity index (χ3n) is 4.61. The number of benzene rings is 1. The van der Waals surface area contributed by atoms with Gasteiger partial charge >= 0.3 is 0 Å². The maximum atomic E-state index is 12.5. The van der Waals surface area contributed by atoms with Crippen molar-refractivity contribution in [3.63, 3.8) is 0 Å². The molecule has 144 valence electrons. The Morgan fingerprint density at radius 2 is 1.93 bits per heavy atom. The number of nitrogens with one attached hydrogen (secondary N) is 1. The van der Waals surface area contributed by atoms with E-state index in [-0.39, 0.29) is 17.7 Å². The maximum absolute atomic E-state index is 12.5. The molecule has 0 atom stereocenters. The number of carbonyl (C=O) groups excluding carboxylic acids is 2. The summed E-state index contributed by atoms with van der Waals surface area (Å²) < 4.78 is 6.24. The Hall–Kier alpha value is -1.73. The van der Waals surface area contributed by atoms with Crippen LogP contribution in [0.2, 0.25) is 0 Å². The van der Waals surface area contributed by atoms with Crippen molar-refractivity contribution in [3.8, 4) is 0 Å². The van der Waals surface area contributed by atoms with E-state index in [4.69, 9.17) is 4.42 Å². The van der Waals surface area contributed by atoms with Crippen molar-refractivity contribution in [2.24, 2.45) is 5.92 Å². The fourth-order valence-corrected chi connectivity index (χ4v) is 4.10. The van der Waals surface area contributed by atoms with Crippen molar-refractivity contribution in [2.45, 2.75) is 18.6 Å². The van der Waals surface area contributed by atoms with Gasteiger partial charge in [0.2, 0.25) is 5.91 Å². The number of thioether (sulfide) groups is 1. The van der Waals surface area contributed by atoms with Gasteiger partial charge in [-0.05, 0) is 49.2 Å². The molecule has 1 fully saturated rings. The van der Waals surface area contributed by atoms with Crippen LogP contribution in [-0.2, 0) is 10.5 Å². The summed E-state index contributed by atoms with van der Waals surface area (Å²) in [4.78, 5) is 26.7. The van der Waals surface area contributed by atoms with E-state index >= 15 is 0 Å². The van der Waals surface area contributed by atoms with Crippen LogP contribution < -0.4 is 5.32 Å². The van der Waals surface area contributed by atoms with Gasteiger partial charge in [0.15, 0.2) is 0 Å². The lowest BCUT2D eigenvalue weighted by Crippen LogP contribution is -2.43. The van der Waals surface area contributed by atoms with E-state index in [0.29, 0.717) is 38.0 Å². The Bertz CT molecular complexity index is 741. The zero-order chi connectivity index (χ0) is 19.1. The molecule has 0 bridgehead atoms. The Labute approximate surface area is 172 Å². The topological polar surface area (TPSA) is 62.6 Å². The summed E-state index contributed by atoms with van der Waals surface area (Å²) in [6, 6.07) is 11.2. The van der Waals surface area contributed by atoms with Gasteiger partial charge in [-0.15, -0.1) is 0 Å². The molecule has 2 aromatic rings. The number of amides is 2. The molecule has 1 aromatic heterocycles. The summed E-state index contributed by atoms with van der Waals surface area (Å²) in [6.07, 6.45) is 3.10. The lowest BCUT2D eigenvalue weighted by atomic mass is 9.95. The quantitative estimate of drug-likeness (QED) is 0.648. The number of likely N-dealkylation sites (tertiary alicyclic amines) is 1. The highest BCUT2D eigenvalue weighted by Gasteiger charge is 2.27. The summed E-state index contributed by atoms with van der Waals surface area (Å²) in [5.41, 5.74) is 0.690. The Balaban J connectivity index is 1.35. The lowest BCUT2D eigenvalue weighted by molar-refractivity contribution is -0.126. The summed E-state index contributed by atoms with van der Waals surface area (Å²) >= 11 is 5.12. The molecule has 0 aliphatic carbocycles. The monoisotopic (exact) mass is 450 g/mol. The van der Waals surface area contributed by atoms with Crippen molar-refractivity contribution in [1.82, 2.24) is 10.2 Å². The molecule has 1 N–H and O–H groups in total. The number of nitrogens with zero attached hydrogens (tertiary/aromatic N) is 1. The minimum Gasteiger partial charge on any atom is -0.468 e. The molecule has 5 nitrogen and oxygen atoms in total. The van der Waals surface area contributed by atoms with Gasteiger partial charge in [-0.3, -0.25) is 9.59 Å². The van der Waals surface area contributed by atoms with Crippen molar-refractivity contribution in [3.05, 3.63) is 58.5 Å². The zero-order valence-corrected chi connectivity index (χ0v) is 17.4. The zero-order valence-electron chi connectivity index (χ0n) is 15.0. The molecule has 1 aliphatic heterocycles. The molecule has 1 aliphatic rings. The van der Waals surface area contributed by atoms with Crippen LogP contribution in [0.1, 0.15) is 29.0 Å². The van der Waals surface area contributed by atoms with Gasteiger partial charge < -0.3 is 14.6 Å². The maximum Gasteiger partial charge on any atom is 0.253 e. The summed E-state index contributed by atoms with van der Waals surface area (Å²) in [7, 11) is 0. The highest BCUT2D eigenvalue weighted by molar-refractivity contribution is 9.10. The molecule has 27 heavy (non-hydrogen) atoms. The van der Waals surface area contributed by atoms with Crippen LogP contribution >= 0.6 is 27.7 Å². The minimum absolute atomic E-state index is 0.00552. The van der Waals surface area contributed by atoms with Gasteiger partial charge in [-0.2, -0.15) is 11.8 Å². The molecule has 0 radical (unpaired) electrons. The Morgan fingerprint density at radius 1 is 1.19 bits per heavy atom. The molecule has 1 saturated heterocycles. The van der Waals surface area contributed by atoms with E-state index in [0.717, 1.165) is 21.7 Å². The molecular formula is C20H23BrN2O3S. The third-order valence-corrected chi connectivity index (χ3v) is 6.12. The van der Waals surface area contributed by atoms with E-state index < -0.39 is 0 Å². The predicted octanol–water partition coefficient (Wildman–Crippen LogP) is 3.94. The van der Waals surface area contributed by atoms with Crippen LogP contribution in [0, 0.1) is 5.92 Å². The van der Waals surface area contributed by atoms with Crippen LogP contribution in [0.4, 0.5) is 0 Å². The minimum atomic E-state index is -0.00552. The van der Waals surface area contributed by atoms with Crippen molar-refractivity contribution in [1.29, 1.82) is 0 Å². The van der Waals surface area contributed by atoms with Gasteiger partial charge in [0.05, 0.1) is 12.0 Å². The first-order valence-corrected chi connectivity index (χ1v) is 11.0. The number of hydrogen-bond acceptors (Lipinski definition) is 4. The van der Waals surface area contributed by atoms with Crippen LogP contribution in [0.25, 0.3) is 0 Å². The van der Waals surface area contributed by atoms with Crippen LogP contribution in [0.15, 0.2) is 51.6 Å². The molecular weight excluding hydrogens is 428 g/mol. The molecule has 1 aromatic carbocycles. The molecule has 2 amide bonds. The predicted molar refractivity (Wildman–Crippen MR) is 111 cm³/mol. The fourth-order valence-electron chi connectivity index (χ4n) is 3.08. The molecule has 0 unspecified atom stereocenters. The number of piperidine rings is 1. The number of hydrogen-bond donors (Lipinski definition) is 1. The van der Waals surface area contributed by atoms with Crippen molar-refractivity contribution in [2.75, 3.05) is 25.4 Å². The average molecular weight is 451 g/mol. The number of furan rings is 1. The second kappa shape index (κ2) is 9.99. The van der Waals surface area contributed by atoms with Gasteiger partial charge in [-0.1, -0.05) is 15.9 Å². The van der Waals surface area contributed by atoms with E-state index in [1.807, 2.05) is 41.3 Å². The van der Waals surface area contributed by atoms with E-state index in [1.165, 1.54) is 0 Å². The van der Waals surface area contributed by atoms with Crippen LogP contribution in [-0.4, -0.2) is 42.1 Å². The number of rotatable bonds is 7. The van der Waals surface area contributed by atoms with Gasteiger partial charge in [0, 0.05) is 41.3 Å². The standard InChI is InChI=1S/C20H23BrN2O3S/c21-17-5-3-16(4-6-17)20(25)23-10-7-15(8-11-23)19(24)22-9-13-27-14-18-2-1-12-26-18/h1-6,12,15H,7-11,13-14H2,(H,22,24). The molecule has 3 rings (SSSR count). The van der Waals surface area contributed by atoms with Crippen molar-refractivity contribution < 1.29 is 14.0 Å². The highest BCUT2D eigenvalue weighted by atomic mass is 79.9. The molecule has 0 spiro atoms. The fraction of sp³-hybridized carbons (Fsp3) is 0.400. The first kappa shape index (κ1) is 20.0. The van der Waals surface area contributed by atoms with Crippen LogP contribution in [0.5, 0.6) is 0 Å². The Kier molecular flexibility index (Phi) is 7.41. The normalized spacial score (nSPS) is 14.9. The van der Waals surface area contributed by atoms with E-state index in [2.05, 4.69) is 21.2 Å². The Morgan fingerprint density at radius 3 is 2.59 bits per heavy atom. The van der Waals surface area contributed by atoms with Gasteiger partial charge in [-0.25, -0.2) is 0 Å².